The van der Waals surface area contributed by atoms with Crippen molar-refractivity contribution in [1.29, 1.82) is 0 Å². The minimum Gasteiger partial charge on any atom is -0.324 e. The molecule has 0 aromatic heterocycles. The summed E-state index contributed by atoms with van der Waals surface area (Å²) in [5, 5.41) is 0. The highest BCUT2D eigenvalue weighted by atomic mass is 79.9. The van der Waals surface area contributed by atoms with Crippen LogP contribution in [0.2, 0.25) is 0 Å². The second kappa shape index (κ2) is 7.23. The van der Waals surface area contributed by atoms with Crippen molar-refractivity contribution in [1.82, 2.24) is 9.80 Å². The smallest absolute Gasteiger partial charge is 0.0318 e. The third kappa shape index (κ3) is 3.86. The molecule has 1 aromatic carbocycles. The first-order valence-electron chi connectivity index (χ1n) is 8.20. The molecule has 21 heavy (non-hydrogen) atoms. The number of hydrogen-bond donors (Lipinski definition) is 1. The van der Waals surface area contributed by atoms with E-state index in [1.54, 1.807) is 0 Å². The monoisotopic (exact) mass is 351 g/mol. The number of rotatable bonds is 5. The molecule has 4 heteroatoms. The van der Waals surface area contributed by atoms with E-state index in [1.807, 2.05) is 6.07 Å². The minimum absolute atomic E-state index is 0.131. The Bertz CT molecular complexity index is 459. The summed E-state index contributed by atoms with van der Waals surface area (Å²) >= 11 is 3.60. The lowest BCUT2D eigenvalue weighted by atomic mass is 10.0. The predicted octanol–water partition coefficient (Wildman–Crippen LogP) is 3.01. The molecule has 0 radical (unpaired) electrons. The van der Waals surface area contributed by atoms with Crippen LogP contribution in [0.4, 0.5) is 0 Å². The van der Waals surface area contributed by atoms with E-state index < -0.39 is 0 Å². The fourth-order valence-corrected chi connectivity index (χ4v) is 4.25. The van der Waals surface area contributed by atoms with Gasteiger partial charge >= 0.3 is 0 Å². The lowest BCUT2D eigenvalue weighted by Crippen LogP contribution is -2.35. The molecule has 2 unspecified atom stereocenters. The van der Waals surface area contributed by atoms with Crippen molar-refractivity contribution in [3.05, 3.63) is 34.3 Å². The van der Waals surface area contributed by atoms with Crippen LogP contribution in [0.15, 0.2) is 28.7 Å². The lowest BCUT2D eigenvalue weighted by molar-refractivity contribution is 0.230. The zero-order chi connectivity index (χ0) is 14.7. The fourth-order valence-electron chi connectivity index (χ4n) is 3.67. The number of halogens is 1. The Kier molecular flexibility index (Phi) is 5.33. The molecule has 2 aliphatic heterocycles. The molecule has 2 saturated heterocycles. The number of likely N-dealkylation sites (tertiary alicyclic amines) is 2. The molecule has 0 saturated carbocycles. The zero-order valence-corrected chi connectivity index (χ0v) is 14.3. The Balaban J connectivity index is 1.46. The number of benzene rings is 1. The molecule has 2 N–H and O–H groups in total. The molecule has 0 aliphatic carbocycles. The zero-order valence-electron chi connectivity index (χ0n) is 12.7. The van der Waals surface area contributed by atoms with Crippen molar-refractivity contribution in [2.75, 3.05) is 32.7 Å². The summed E-state index contributed by atoms with van der Waals surface area (Å²) in [6, 6.07) is 9.25. The quantitative estimate of drug-likeness (QED) is 0.884. The van der Waals surface area contributed by atoms with Crippen LogP contribution in [0.1, 0.15) is 37.3 Å². The number of nitrogens with zero attached hydrogens (tertiary/aromatic N) is 2. The molecule has 2 heterocycles. The van der Waals surface area contributed by atoms with Crippen LogP contribution in [0, 0.1) is 0 Å². The minimum atomic E-state index is 0.131. The van der Waals surface area contributed by atoms with E-state index in [4.69, 9.17) is 5.73 Å². The second-order valence-electron chi connectivity index (χ2n) is 6.40. The van der Waals surface area contributed by atoms with Crippen LogP contribution in [-0.4, -0.2) is 48.6 Å². The van der Waals surface area contributed by atoms with E-state index in [1.165, 1.54) is 51.0 Å². The molecule has 116 valence electrons. The SMILES string of the molecule is NC(CCN1CCC(N2CCCC2)C1)c1ccccc1Br. The van der Waals surface area contributed by atoms with Crippen LogP contribution in [0.25, 0.3) is 0 Å². The molecule has 0 spiro atoms. The Morgan fingerprint density at radius 1 is 1.19 bits per heavy atom. The maximum Gasteiger partial charge on any atom is 0.0318 e. The van der Waals surface area contributed by atoms with Crippen molar-refractivity contribution in [2.24, 2.45) is 5.73 Å². The van der Waals surface area contributed by atoms with Gasteiger partial charge in [0.25, 0.3) is 0 Å². The van der Waals surface area contributed by atoms with Crippen molar-refractivity contribution in [3.63, 3.8) is 0 Å². The maximum atomic E-state index is 6.36. The molecule has 1 aromatic rings. The second-order valence-corrected chi connectivity index (χ2v) is 7.26. The first-order valence-corrected chi connectivity index (χ1v) is 9.00. The van der Waals surface area contributed by atoms with Gasteiger partial charge in [0.15, 0.2) is 0 Å². The van der Waals surface area contributed by atoms with Gasteiger partial charge in [0.2, 0.25) is 0 Å². The van der Waals surface area contributed by atoms with Crippen LogP contribution in [-0.2, 0) is 0 Å². The van der Waals surface area contributed by atoms with E-state index in [2.05, 4.69) is 43.9 Å². The van der Waals surface area contributed by atoms with E-state index in [-0.39, 0.29) is 6.04 Å². The lowest BCUT2D eigenvalue weighted by Gasteiger charge is -2.24. The van der Waals surface area contributed by atoms with Gasteiger partial charge in [-0.15, -0.1) is 0 Å². The summed E-state index contributed by atoms with van der Waals surface area (Å²) in [6.45, 7) is 6.23. The maximum absolute atomic E-state index is 6.36. The summed E-state index contributed by atoms with van der Waals surface area (Å²) in [5.41, 5.74) is 7.59. The van der Waals surface area contributed by atoms with Gasteiger partial charge in [-0.1, -0.05) is 34.1 Å². The van der Waals surface area contributed by atoms with Gasteiger partial charge in [-0.25, -0.2) is 0 Å². The molecule has 2 fully saturated rings. The van der Waals surface area contributed by atoms with Crippen LogP contribution in [0.3, 0.4) is 0 Å². The topological polar surface area (TPSA) is 32.5 Å². The average molecular weight is 352 g/mol. The summed E-state index contributed by atoms with van der Waals surface area (Å²) in [6.07, 6.45) is 5.16. The van der Waals surface area contributed by atoms with E-state index in [0.717, 1.165) is 23.5 Å². The highest BCUT2D eigenvalue weighted by molar-refractivity contribution is 9.10. The summed E-state index contributed by atoms with van der Waals surface area (Å²) in [7, 11) is 0. The van der Waals surface area contributed by atoms with Crippen LogP contribution < -0.4 is 5.73 Å². The summed E-state index contributed by atoms with van der Waals surface area (Å²) in [5.74, 6) is 0. The van der Waals surface area contributed by atoms with Gasteiger partial charge in [0.05, 0.1) is 0 Å². The van der Waals surface area contributed by atoms with Crippen molar-refractivity contribution >= 4 is 15.9 Å². The van der Waals surface area contributed by atoms with Crippen molar-refractivity contribution < 1.29 is 0 Å². The first kappa shape index (κ1) is 15.5. The first-order chi connectivity index (χ1) is 10.2. The van der Waals surface area contributed by atoms with Gasteiger partial charge in [-0.3, -0.25) is 4.90 Å². The van der Waals surface area contributed by atoms with Gasteiger partial charge in [0.1, 0.15) is 0 Å². The molecular weight excluding hydrogens is 326 g/mol. The van der Waals surface area contributed by atoms with E-state index in [9.17, 15) is 0 Å². The molecular formula is C17H26BrN3. The number of nitrogens with two attached hydrogens (primary N) is 1. The van der Waals surface area contributed by atoms with Crippen molar-refractivity contribution in [3.8, 4) is 0 Å². The predicted molar refractivity (Wildman–Crippen MR) is 91.3 cm³/mol. The van der Waals surface area contributed by atoms with Gasteiger partial charge in [-0.2, -0.15) is 0 Å². The molecule has 0 amide bonds. The Labute approximate surface area is 136 Å². The Morgan fingerprint density at radius 2 is 1.95 bits per heavy atom. The van der Waals surface area contributed by atoms with Crippen LogP contribution in [0.5, 0.6) is 0 Å². The number of hydrogen-bond acceptors (Lipinski definition) is 3. The van der Waals surface area contributed by atoms with E-state index in [0.29, 0.717) is 0 Å². The third-order valence-electron chi connectivity index (χ3n) is 4.97. The van der Waals surface area contributed by atoms with Crippen LogP contribution >= 0.6 is 15.9 Å². The highest BCUT2D eigenvalue weighted by Gasteiger charge is 2.29. The summed E-state index contributed by atoms with van der Waals surface area (Å²) < 4.78 is 1.13. The molecule has 0 bridgehead atoms. The highest BCUT2D eigenvalue weighted by Crippen LogP contribution is 2.25. The molecule has 3 nitrogen and oxygen atoms in total. The van der Waals surface area contributed by atoms with Crippen molar-refractivity contribution in [2.45, 2.75) is 37.8 Å². The Hall–Kier alpha value is -0.420. The fraction of sp³-hybridized carbons (Fsp3) is 0.647. The van der Waals surface area contributed by atoms with Gasteiger partial charge in [-0.05, 0) is 56.9 Å². The Morgan fingerprint density at radius 3 is 2.71 bits per heavy atom. The standard InChI is InChI=1S/C17H26BrN3/c18-16-6-2-1-5-15(16)17(19)8-12-20-11-7-14(13-20)21-9-3-4-10-21/h1-2,5-6,14,17H,3-4,7-13,19H2. The average Bonchev–Trinajstić information content (AvgIpc) is 3.16. The normalized spacial score (nSPS) is 25.5. The molecule has 2 atom stereocenters. The summed E-state index contributed by atoms with van der Waals surface area (Å²) in [4.78, 5) is 5.29. The molecule has 2 aliphatic rings. The van der Waals surface area contributed by atoms with Gasteiger partial charge in [0, 0.05) is 29.6 Å². The van der Waals surface area contributed by atoms with E-state index >= 15 is 0 Å². The largest absolute Gasteiger partial charge is 0.324 e. The van der Waals surface area contributed by atoms with Gasteiger partial charge < -0.3 is 10.6 Å². The third-order valence-corrected chi connectivity index (χ3v) is 5.69. The molecule has 3 rings (SSSR count).